The molecule has 8 nitrogen and oxygen atoms in total. The summed E-state index contributed by atoms with van der Waals surface area (Å²) in [5.74, 6) is -0.473. The van der Waals surface area contributed by atoms with E-state index in [4.69, 9.17) is 4.74 Å². The largest absolute Gasteiger partial charge is 0.451 e. The second kappa shape index (κ2) is 8.84. The van der Waals surface area contributed by atoms with Gasteiger partial charge in [-0.05, 0) is 56.5 Å². The second-order valence-corrected chi connectivity index (χ2v) is 9.87. The lowest BCUT2D eigenvalue weighted by Gasteiger charge is -2.26. The molecule has 1 fully saturated rings. The quantitative estimate of drug-likeness (QED) is 0.591. The molecule has 4 rings (SSSR count). The van der Waals surface area contributed by atoms with E-state index in [2.05, 4.69) is 9.97 Å². The highest BCUT2D eigenvalue weighted by atomic mass is 32.2. The maximum atomic E-state index is 13.1. The zero-order valence-electron chi connectivity index (χ0n) is 18.0. The molecule has 2 heterocycles. The molecule has 0 amide bonds. The van der Waals surface area contributed by atoms with E-state index in [1.807, 2.05) is 0 Å². The topological polar surface area (TPSA) is 109 Å². The Labute approximate surface area is 186 Å². The molecule has 0 saturated carbocycles. The van der Waals surface area contributed by atoms with Crippen molar-refractivity contribution in [1.82, 2.24) is 14.3 Å². The maximum absolute atomic E-state index is 13.1. The van der Waals surface area contributed by atoms with Crippen LogP contribution in [0.3, 0.4) is 0 Å². The molecule has 0 unspecified atom stereocenters. The predicted octanol–water partition coefficient (Wildman–Crippen LogP) is 3.32. The molecule has 1 atom stereocenters. The first-order valence-corrected chi connectivity index (χ1v) is 12.0. The average Bonchev–Trinajstić information content (AvgIpc) is 2.79. The van der Waals surface area contributed by atoms with Gasteiger partial charge in [0.05, 0.1) is 21.4 Å². The van der Waals surface area contributed by atoms with E-state index < -0.39 is 22.1 Å². The minimum absolute atomic E-state index is 0.110. The van der Waals surface area contributed by atoms with Crippen LogP contribution < -0.4 is 5.56 Å². The predicted molar refractivity (Wildman–Crippen MR) is 120 cm³/mol. The van der Waals surface area contributed by atoms with Crippen molar-refractivity contribution in [2.45, 2.75) is 44.1 Å². The standard InChI is InChI=1S/C23H25N3O5S/c1-15-10-11-17(14-20(15)32(29,30)26-12-6-3-7-13-26)23(28)31-16(2)21-24-19-9-5-4-8-18(19)22(27)25-21/h4-5,8-11,14,16H,3,6-7,12-13H2,1-2H3,(H,24,25,27)/t16-/m1/s1. The SMILES string of the molecule is Cc1ccc(C(=O)O[C@H](C)c2nc3ccccc3c(=O)[nH]2)cc1S(=O)(=O)N1CCCCC1. The summed E-state index contributed by atoms with van der Waals surface area (Å²) >= 11 is 0. The number of piperidine rings is 1. The van der Waals surface area contributed by atoms with Crippen LogP contribution >= 0.6 is 0 Å². The van der Waals surface area contributed by atoms with Gasteiger partial charge in [0.15, 0.2) is 11.9 Å². The minimum Gasteiger partial charge on any atom is -0.451 e. The second-order valence-electron chi connectivity index (χ2n) is 7.96. The van der Waals surface area contributed by atoms with Crippen LogP contribution in [0.1, 0.15) is 54.0 Å². The van der Waals surface area contributed by atoms with E-state index in [0.29, 0.717) is 29.6 Å². The molecular weight excluding hydrogens is 430 g/mol. The molecule has 9 heteroatoms. The number of fused-ring (bicyclic) bond motifs is 1. The number of aryl methyl sites for hydroxylation is 1. The van der Waals surface area contributed by atoms with E-state index >= 15 is 0 Å². The van der Waals surface area contributed by atoms with E-state index in [0.717, 1.165) is 19.3 Å². The molecule has 1 aliphatic rings. The molecule has 1 aliphatic heterocycles. The van der Waals surface area contributed by atoms with Gasteiger partial charge in [-0.2, -0.15) is 4.31 Å². The zero-order valence-corrected chi connectivity index (χ0v) is 18.8. The number of rotatable bonds is 5. The number of carbonyl (C=O) groups excluding carboxylic acids is 1. The highest BCUT2D eigenvalue weighted by Gasteiger charge is 2.28. The summed E-state index contributed by atoms with van der Waals surface area (Å²) in [5.41, 5.74) is 0.875. The number of sulfonamides is 1. The molecule has 3 aromatic rings. The van der Waals surface area contributed by atoms with Crippen LogP contribution in [0.5, 0.6) is 0 Å². The molecular formula is C23H25N3O5S. The highest BCUT2D eigenvalue weighted by Crippen LogP contribution is 2.25. The first kappa shape index (κ1) is 22.2. The monoisotopic (exact) mass is 455 g/mol. The molecule has 168 valence electrons. The van der Waals surface area contributed by atoms with Crippen LogP contribution in [0.4, 0.5) is 0 Å². The first-order valence-electron chi connectivity index (χ1n) is 10.6. The summed E-state index contributed by atoms with van der Waals surface area (Å²) in [6, 6.07) is 11.4. The maximum Gasteiger partial charge on any atom is 0.338 e. The lowest BCUT2D eigenvalue weighted by atomic mass is 10.1. The van der Waals surface area contributed by atoms with Crippen molar-refractivity contribution in [2.75, 3.05) is 13.1 Å². The minimum atomic E-state index is -3.69. The van der Waals surface area contributed by atoms with Gasteiger partial charge in [-0.25, -0.2) is 18.2 Å². The molecule has 0 radical (unpaired) electrons. The summed E-state index contributed by atoms with van der Waals surface area (Å²) < 4.78 is 33.2. The molecule has 0 aliphatic carbocycles. The number of nitrogens with one attached hydrogen (secondary N) is 1. The molecule has 0 spiro atoms. The van der Waals surface area contributed by atoms with Crippen molar-refractivity contribution in [3.05, 3.63) is 69.8 Å². The molecule has 2 aromatic carbocycles. The fourth-order valence-electron chi connectivity index (χ4n) is 3.83. The highest BCUT2D eigenvalue weighted by molar-refractivity contribution is 7.89. The summed E-state index contributed by atoms with van der Waals surface area (Å²) in [6.45, 7) is 4.27. The number of aromatic amines is 1. The third-order valence-corrected chi connectivity index (χ3v) is 7.70. The van der Waals surface area contributed by atoms with Gasteiger partial charge < -0.3 is 9.72 Å². The molecule has 0 bridgehead atoms. The van der Waals surface area contributed by atoms with Gasteiger partial charge in [-0.15, -0.1) is 0 Å². The number of nitrogens with zero attached hydrogens (tertiary/aromatic N) is 2. The molecule has 1 aromatic heterocycles. The van der Waals surface area contributed by atoms with E-state index in [1.54, 1.807) is 44.2 Å². The third kappa shape index (κ3) is 4.31. The van der Waals surface area contributed by atoms with E-state index in [1.165, 1.54) is 16.4 Å². The van der Waals surface area contributed by atoms with Crippen LogP contribution in [0, 0.1) is 6.92 Å². The Morgan fingerprint density at radius 3 is 2.59 bits per heavy atom. The van der Waals surface area contributed by atoms with Crippen LogP contribution in [-0.4, -0.2) is 41.7 Å². The number of ether oxygens (including phenoxy) is 1. The van der Waals surface area contributed by atoms with Crippen LogP contribution in [-0.2, 0) is 14.8 Å². The number of aromatic nitrogens is 2. The number of esters is 1. The Morgan fingerprint density at radius 2 is 1.84 bits per heavy atom. The van der Waals surface area contributed by atoms with E-state index in [9.17, 15) is 18.0 Å². The fourth-order valence-corrected chi connectivity index (χ4v) is 5.60. The van der Waals surface area contributed by atoms with Crippen molar-refractivity contribution in [3.8, 4) is 0 Å². The van der Waals surface area contributed by atoms with Crippen molar-refractivity contribution < 1.29 is 17.9 Å². The fraction of sp³-hybridized carbons (Fsp3) is 0.348. The third-order valence-electron chi connectivity index (χ3n) is 5.66. The van der Waals surface area contributed by atoms with Crippen molar-refractivity contribution in [3.63, 3.8) is 0 Å². The number of para-hydroxylation sites is 1. The number of benzene rings is 2. The average molecular weight is 456 g/mol. The Balaban J connectivity index is 1.59. The number of hydrogen-bond donors (Lipinski definition) is 1. The van der Waals surface area contributed by atoms with Gasteiger partial charge in [0, 0.05) is 13.1 Å². The van der Waals surface area contributed by atoms with Crippen molar-refractivity contribution >= 4 is 26.9 Å². The Bertz CT molecular complexity index is 1330. The van der Waals surface area contributed by atoms with Gasteiger partial charge in [0.25, 0.3) is 5.56 Å². The van der Waals surface area contributed by atoms with Gasteiger partial charge >= 0.3 is 5.97 Å². The van der Waals surface area contributed by atoms with Crippen molar-refractivity contribution in [1.29, 1.82) is 0 Å². The van der Waals surface area contributed by atoms with Crippen LogP contribution in [0.15, 0.2) is 52.2 Å². The molecule has 1 N–H and O–H groups in total. The zero-order chi connectivity index (χ0) is 22.9. The number of hydrogen-bond acceptors (Lipinski definition) is 6. The van der Waals surface area contributed by atoms with E-state index in [-0.39, 0.29) is 21.8 Å². The van der Waals surface area contributed by atoms with Crippen LogP contribution in [0.25, 0.3) is 10.9 Å². The Morgan fingerprint density at radius 1 is 1.12 bits per heavy atom. The Hall–Kier alpha value is -3.04. The van der Waals surface area contributed by atoms with Crippen molar-refractivity contribution in [2.24, 2.45) is 0 Å². The van der Waals surface area contributed by atoms with Crippen LogP contribution in [0.2, 0.25) is 0 Å². The van der Waals surface area contributed by atoms with Gasteiger partial charge in [0.1, 0.15) is 0 Å². The normalized spacial score (nSPS) is 16.1. The first-order chi connectivity index (χ1) is 15.3. The Kier molecular flexibility index (Phi) is 6.12. The lowest BCUT2D eigenvalue weighted by Crippen LogP contribution is -2.36. The summed E-state index contributed by atoms with van der Waals surface area (Å²) in [7, 11) is -3.69. The summed E-state index contributed by atoms with van der Waals surface area (Å²) in [6.07, 6.45) is 1.84. The van der Waals surface area contributed by atoms with Gasteiger partial charge in [-0.1, -0.05) is 24.6 Å². The van der Waals surface area contributed by atoms with Gasteiger partial charge in [-0.3, -0.25) is 4.79 Å². The van der Waals surface area contributed by atoms with Gasteiger partial charge in [0.2, 0.25) is 10.0 Å². The summed E-state index contributed by atoms with van der Waals surface area (Å²) in [4.78, 5) is 32.2. The lowest BCUT2D eigenvalue weighted by molar-refractivity contribution is 0.0319. The molecule has 1 saturated heterocycles. The number of carbonyl (C=O) groups is 1. The smallest absolute Gasteiger partial charge is 0.338 e. The molecule has 32 heavy (non-hydrogen) atoms. The number of H-pyrrole nitrogens is 1. The summed E-state index contributed by atoms with van der Waals surface area (Å²) in [5, 5.41) is 0.445.